The second-order valence-corrected chi connectivity index (χ2v) is 10.9. The highest BCUT2D eigenvalue weighted by molar-refractivity contribution is 7.58. The molecule has 2 N–H and O–H groups in total. The Morgan fingerprint density at radius 1 is 1.00 bits per heavy atom. The van der Waals surface area contributed by atoms with Gasteiger partial charge in [0.1, 0.15) is 0 Å². The summed E-state index contributed by atoms with van der Waals surface area (Å²) < 4.78 is 13.7. The van der Waals surface area contributed by atoms with Gasteiger partial charge in [0.2, 0.25) is 7.37 Å². The van der Waals surface area contributed by atoms with Gasteiger partial charge < -0.3 is 10.00 Å². The zero-order chi connectivity index (χ0) is 20.8. The van der Waals surface area contributed by atoms with Crippen LogP contribution in [0.5, 0.6) is 0 Å². The largest absolute Gasteiger partial charge is 0.481 e. The van der Waals surface area contributed by atoms with Crippen LogP contribution in [-0.4, -0.2) is 21.6 Å². The molecule has 4 nitrogen and oxygen atoms in total. The minimum absolute atomic E-state index is 0.0641. The molecule has 28 heavy (non-hydrogen) atoms. The van der Waals surface area contributed by atoms with E-state index in [4.69, 9.17) is 5.11 Å². The molecule has 0 heterocycles. The molecular weight excluding hydrogens is 371 g/mol. The van der Waals surface area contributed by atoms with Crippen molar-refractivity contribution in [2.75, 3.05) is 0 Å². The third-order valence-electron chi connectivity index (χ3n) is 5.09. The van der Waals surface area contributed by atoms with Gasteiger partial charge in [-0.15, -0.1) is 0 Å². The molecule has 0 radical (unpaired) electrons. The van der Waals surface area contributed by atoms with Crippen molar-refractivity contribution in [3.63, 3.8) is 0 Å². The summed E-state index contributed by atoms with van der Waals surface area (Å²) in [6, 6.07) is 19.1. The Bertz CT molecular complexity index is 796. The van der Waals surface area contributed by atoms with Crippen LogP contribution in [0.3, 0.4) is 0 Å². The van der Waals surface area contributed by atoms with Crippen molar-refractivity contribution in [1.82, 2.24) is 0 Å². The first-order chi connectivity index (χ1) is 13.1. The number of rotatable bonds is 9. The first-order valence-electron chi connectivity index (χ1n) is 9.73. The first-order valence-corrected chi connectivity index (χ1v) is 11.6. The summed E-state index contributed by atoms with van der Waals surface area (Å²) in [4.78, 5) is 22.3. The van der Waals surface area contributed by atoms with E-state index in [2.05, 4.69) is 0 Å². The maximum absolute atomic E-state index is 13.7. The van der Waals surface area contributed by atoms with E-state index in [-0.39, 0.29) is 18.5 Å². The molecule has 0 spiro atoms. The Kier molecular flexibility index (Phi) is 7.63. The summed E-state index contributed by atoms with van der Waals surface area (Å²) in [5, 5.41) is 9.05. The molecule has 2 rings (SSSR count). The van der Waals surface area contributed by atoms with Crippen molar-refractivity contribution in [2.24, 2.45) is 5.41 Å². The molecule has 0 saturated carbocycles. The molecule has 0 saturated heterocycles. The van der Waals surface area contributed by atoms with Crippen molar-refractivity contribution in [1.29, 1.82) is 0 Å². The number of carboxylic acid groups (broad SMARTS) is 1. The van der Waals surface area contributed by atoms with Gasteiger partial charge in [-0.25, -0.2) is 0 Å². The topological polar surface area (TPSA) is 74.6 Å². The second kappa shape index (κ2) is 9.54. The minimum atomic E-state index is -3.58. The zero-order valence-electron chi connectivity index (χ0n) is 16.9. The highest BCUT2D eigenvalue weighted by Gasteiger charge is 2.45. The molecule has 3 unspecified atom stereocenters. The van der Waals surface area contributed by atoms with Crippen LogP contribution < -0.4 is 0 Å². The predicted octanol–water partition coefficient (Wildman–Crippen LogP) is 5.91. The molecule has 2 aromatic carbocycles. The third kappa shape index (κ3) is 6.32. The van der Waals surface area contributed by atoms with E-state index < -0.39 is 24.4 Å². The molecule has 5 heteroatoms. The van der Waals surface area contributed by atoms with Crippen molar-refractivity contribution < 1.29 is 19.4 Å². The Balaban J connectivity index is 2.42. The van der Waals surface area contributed by atoms with Crippen molar-refractivity contribution >= 4 is 13.3 Å². The number of aliphatic carboxylic acids is 1. The Labute approximate surface area is 168 Å². The third-order valence-corrected chi connectivity index (χ3v) is 7.91. The average Bonchev–Trinajstić information content (AvgIpc) is 2.60. The molecule has 0 bridgehead atoms. The average molecular weight is 402 g/mol. The summed E-state index contributed by atoms with van der Waals surface area (Å²) in [6.07, 6.45) is 1.23. The van der Waals surface area contributed by atoms with Gasteiger partial charge in [0, 0.05) is 18.2 Å². The van der Waals surface area contributed by atoms with Crippen LogP contribution in [-0.2, 0) is 15.5 Å². The lowest BCUT2D eigenvalue weighted by Gasteiger charge is -2.40. The number of benzene rings is 2. The Morgan fingerprint density at radius 3 is 2.04 bits per heavy atom. The lowest BCUT2D eigenvalue weighted by Crippen LogP contribution is -2.33. The number of carbonyl (C=O) groups is 1. The van der Waals surface area contributed by atoms with Gasteiger partial charge in [-0.3, -0.25) is 9.36 Å². The maximum atomic E-state index is 13.7. The van der Waals surface area contributed by atoms with E-state index >= 15 is 0 Å². The van der Waals surface area contributed by atoms with Crippen LogP contribution in [0.15, 0.2) is 60.7 Å². The molecule has 0 amide bonds. The molecule has 0 aliphatic heterocycles. The van der Waals surface area contributed by atoms with Crippen molar-refractivity contribution in [3.8, 4) is 0 Å². The Morgan fingerprint density at radius 2 is 1.54 bits per heavy atom. The van der Waals surface area contributed by atoms with Crippen LogP contribution in [0.2, 0.25) is 0 Å². The standard InChI is InChI=1S/C23H31O4P/c1-23(2,3)22(28(26,27)17-18-11-6-4-7-12-18)20(15-10-16-21(24)25)19-13-8-5-9-14-19/h4-9,11-14,20,22H,10,15-17H2,1-3H3,(H,24,25)(H,26,27). The normalized spacial score (nSPS) is 16.1. The van der Waals surface area contributed by atoms with Gasteiger partial charge in [0.15, 0.2) is 0 Å². The minimum Gasteiger partial charge on any atom is -0.481 e. The quantitative estimate of drug-likeness (QED) is 0.511. The van der Waals surface area contributed by atoms with Crippen LogP contribution >= 0.6 is 7.37 Å². The SMILES string of the molecule is CC(C)(C)C(C(CCCC(=O)O)c1ccccc1)P(=O)(O)Cc1ccccc1. The number of hydrogen-bond acceptors (Lipinski definition) is 2. The summed E-state index contributed by atoms with van der Waals surface area (Å²) in [7, 11) is -3.58. The van der Waals surface area contributed by atoms with Crippen LogP contribution in [0.1, 0.15) is 57.1 Å². The fourth-order valence-corrected chi connectivity index (χ4v) is 7.14. The van der Waals surface area contributed by atoms with Gasteiger partial charge in [-0.2, -0.15) is 0 Å². The van der Waals surface area contributed by atoms with Gasteiger partial charge in [-0.05, 0) is 35.3 Å². The fourth-order valence-electron chi connectivity index (χ4n) is 4.11. The summed E-state index contributed by atoms with van der Waals surface area (Å²) in [5.74, 6) is -1.02. The molecule has 2 aromatic rings. The van der Waals surface area contributed by atoms with E-state index in [1.807, 2.05) is 81.4 Å². The number of hydrogen-bond donors (Lipinski definition) is 2. The van der Waals surface area contributed by atoms with E-state index in [0.29, 0.717) is 12.8 Å². The van der Waals surface area contributed by atoms with E-state index in [0.717, 1.165) is 11.1 Å². The summed E-state index contributed by atoms with van der Waals surface area (Å²) in [5.41, 5.74) is 0.953. The van der Waals surface area contributed by atoms with Crippen LogP contribution in [0.25, 0.3) is 0 Å². The van der Waals surface area contributed by atoms with E-state index in [1.54, 1.807) is 0 Å². The highest BCUT2D eigenvalue weighted by Crippen LogP contribution is 2.61. The van der Waals surface area contributed by atoms with Crippen LogP contribution in [0.4, 0.5) is 0 Å². The van der Waals surface area contributed by atoms with E-state index in [9.17, 15) is 14.3 Å². The van der Waals surface area contributed by atoms with Crippen molar-refractivity contribution in [2.45, 2.75) is 57.8 Å². The molecule has 3 atom stereocenters. The van der Waals surface area contributed by atoms with Gasteiger partial charge >= 0.3 is 5.97 Å². The lowest BCUT2D eigenvalue weighted by atomic mass is 9.78. The van der Waals surface area contributed by atoms with E-state index in [1.165, 1.54) is 0 Å². The van der Waals surface area contributed by atoms with Crippen molar-refractivity contribution in [3.05, 3.63) is 71.8 Å². The summed E-state index contributed by atoms with van der Waals surface area (Å²) in [6.45, 7) is 6.00. The lowest BCUT2D eigenvalue weighted by molar-refractivity contribution is -0.137. The molecular formula is C23H31O4P. The Hall–Kier alpha value is -1.90. The summed E-state index contributed by atoms with van der Waals surface area (Å²) >= 11 is 0. The van der Waals surface area contributed by atoms with Crippen LogP contribution in [0, 0.1) is 5.41 Å². The smallest absolute Gasteiger partial charge is 0.303 e. The monoisotopic (exact) mass is 402 g/mol. The van der Waals surface area contributed by atoms with Gasteiger partial charge in [0.05, 0.1) is 0 Å². The van der Waals surface area contributed by atoms with Gasteiger partial charge in [-0.1, -0.05) is 81.4 Å². The van der Waals surface area contributed by atoms with Gasteiger partial charge in [0.25, 0.3) is 0 Å². The maximum Gasteiger partial charge on any atom is 0.303 e. The molecule has 0 aliphatic carbocycles. The zero-order valence-corrected chi connectivity index (χ0v) is 17.8. The molecule has 0 fully saturated rings. The second-order valence-electron chi connectivity index (χ2n) is 8.51. The first kappa shape index (κ1) is 22.4. The molecule has 0 aliphatic rings. The number of carboxylic acids is 1. The molecule has 152 valence electrons. The fraction of sp³-hybridized carbons (Fsp3) is 0.435. The predicted molar refractivity (Wildman–Crippen MR) is 114 cm³/mol. The molecule has 0 aromatic heterocycles. The highest BCUT2D eigenvalue weighted by atomic mass is 31.2.